The highest BCUT2D eigenvalue weighted by atomic mass is 35.5. The zero-order valence-corrected chi connectivity index (χ0v) is 37.5. The number of fused-ring (bicyclic) bond motifs is 3. The maximum Gasteiger partial charge on any atom is 0.272 e. The Hall–Kier alpha value is -6.18. The predicted octanol–water partition coefficient (Wildman–Crippen LogP) is 8.28. The van der Waals surface area contributed by atoms with Gasteiger partial charge in [0.05, 0.1) is 53.5 Å². The maximum absolute atomic E-state index is 13.2. The molecule has 17 heteroatoms. The molecule has 7 heterocycles. The van der Waals surface area contributed by atoms with Crippen molar-refractivity contribution in [3.05, 3.63) is 117 Å². The molecule has 10 rings (SSSR count). The number of carbonyl (C=O) groups is 1. The standard InChI is InChI=1S/C47H48ClN11O4S/c1-27-28(2)64-46-42(27)43(53-39(20-41-50-16-18-61-41)44-57-54-29(3)59(44)46)37-12-11-35(24-51-37)62-25-30-21-47(22-30)15-4-17-58(26-47)40-14-13-38(55-56-40)45(60)52-32-6-9-33(10-7-32)63-34-8-5-31(23-49)36(48)19-34/h5,8,11-14,16,18-19,24,30,32-33,39H,4,6-7,9-10,15,17,20-22,25-26H2,1-3H3,(H,52,60)/t30?,32-,33-,39-,47?/m0/s1. The number of benzene rings is 1. The Labute approximate surface area is 379 Å². The minimum Gasteiger partial charge on any atom is -0.492 e. The molecule has 5 aromatic heterocycles. The van der Waals surface area contributed by atoms with E-state index < -0.39 is 0 Å². The third-order valence-electron chi connectivity index (χ3n) is 13.2. The molecule has 1 saturated heterocycles. The van der Waals surface area contributed by atoms with Gasteiger partial charge in [0.1, 0.15) is 40.7 Å². The molecule has 1 spiro atoms. The second kappa shape index (κ2) is 17.4. The molecule has 1 aromatic carbocycles. The number of anilines is 1. The summed E-state index contributed by atoms with van der Waals surface area (Å²) < 4.78 is 20.2. The molecule has 0 unspecified atom stereocenters. The molecule has 1 atom stereocenters. The zero-order valence-electron chi connectivity index (χ0n) is 36.0. The number of nitrogens with one attached hydrogen (secondary N) is 1. The number of nitriles is 1. The number of thiophene rings is 1. The second-order valence-electron chi connectivity index (χ2n) is 17.6. The minimum atomic E-state index is -0.362. The van der Waals surface area contributed by atoms with Gasteiger partial charge in [0.25, 0.3) is 5.91 Å². The number of aryl methyl sites for hydroxylation is 2. The van der Waals surface area contributed by atoms with Crippen molar-refractivity contribution < 1.29 is 18.7 Å². The fraction of sp³-hybridized carbons (Fsp3) is 0.426. The largest absolute Gasteiger partial charge is 0.492 e. The molecular weight excluding hydrogens is 850 g/mol. The van der Waals surface area contributed by atoms with Gasteiger partial charge in [-0.25, -0.2) is 4.98 Å². The quantitative estimate of drug-likeness (QED) is 0.132. The number of piperidine rings is 1. The van der Waals surface area contributed by atoms with E-state index in [9.17, 15) is 4.79 Å². The smallest absolute Gasteiger partial charge is 0.272 e. The van der Waals surface area contributed by atoms with Gasteiger partial charge < -0.3 is 24.1 Å². The fourth-order valence-electron chi connectivity index (χ4n) is 9.91. The van der Waals surface area contributed by atoms with Crippen LogP contribution in [-0.2, 0) is 6.42 Å². The monoisotopic (exact) mass is 897 g/mol. The van der Waals surface area contributed by atoms with E-state index >= 15 is 0 Å². The zero-order chi connectivity index (χ0) is 44.0. The number of halogens is 1. The molecule has 2 aliphatic carbocycles. The van der Waals surface area contributed by atoms with Crippen molar-refractivity contribution in [3.8, 4) is 22.6 Å². The van der Waals surface area contributed by atoms with Crippen molar-refractivity contribution >= 4 is 40.4 Å². The first kappa shape index (κ1) is 41.8. The van der Waals surface area contributed by atoms with Crippen LogP contribution < -0.4 is 19.7 Å². The van der Waals surface area contributed by atoms with Crippen molar-refractivity contribution in [2.45, 2.75) is 96.7 Å². The van der Waals surface area contributed by atoms with Gasteiger partial charge in [-0.3, -0.25) is 19.3 Å². The average Bonchev–Trinajstić information content (AvgIpc) is 4.01. The van der Waals surface area contributed by atoms with Crippen LogP contribution in [0.2, 0.25) is 5.02 Å². The maximum atomic E-state index is 13.2. The minimum absolute atomic E-state index is 0.0260. The van der Waals surface area contributed by atoms with Crippen LogP contribution in [0.25, 0.3) is 5.00 Å². The summed E-state index contributed by atoms with van der Waals surface area (Å²) in [5.74, 6) is 4.58. The van der Waals surface area contributed by atoms with E-state index in [2.05, 4.69) is 60.1 Å². The summed E-state index contributed by atoms with van der Waals surface area (Å²) in [5, 5.41) is 31.6. The van der Waals surface area contributed by atoms with E-state index in [4.69, 9.17) is 40.7 Å². The number of nitrogens with zero attached hydrogens (tertiary/aromatic N) is 10. The lowest BCUT2D eigenvalue weighted by atomic mass is 9.58. The summed E-state index contributed by atoms with van der Waals surface area (Å²) in [4.78, 5) is 31.3. The lowest BCUT2D eigenvalue weighted by Gasteiger charge is -2.53. The van der Waals surface area contributed by atoms with E-state index in [1.54, 1.807) is 48.1 Å². The number of amides is 1. The topological polar surface area (TPSA) is 182 Å². The number of rotatable bonds is 11. The van der Waals surface area contributed by atoms with Crippen LogP contribution >= 0.6 is 22.9 Å². The van der Waals surface area contributed by atoms with Crippen LogP contribution in [0.15, 0.2) is 70.5 Å². The first-order valence-corrected chi connectivity index (χ1v) is 23.2. The first-order chi connectivity index (χ1) is 31.1. The van der Waals surface area contributed by atoms with Gasteiger partial charge in [0.15, 0.2) is 23.2 Å². The first-order valence-electron chi connectivity index (χ1n) is 22.0. The normalized spacial score (nSPS) is 22.7. The fourth-order valence-corrected chi connectivity index (χ4v) is 11.3. The number of carbonyl (C=O) groups excluding carboxylic acids is 1. The summed E-state index contributed by atoms with van der Waals surface area (Å²) >= 11 is 7.89. The van der Waals surface area contributed by atoms with Crippen LogP contribution in [-0.4, -0.2) is 78.4 Å². The van der Waals surface area contributed by atoms with Gasteiger partial charge in [-0.05, 0) is 125 Å². The molecule has 328 valence electrons. The Bertz CT molecular complexity index is 2730. The van der Waals surface area contributed by atoms with Crippen molar-refractivity contribution in [2.75, 3.05) is 24.6 Å². The second-order valence-corrected chi connectivity index (χ2v) is 19.2. The van der Waals surface area contributed by atoms with E-state index in [0.29, 0.717) is 46.9 Å². The summed E-state index contributed by atoms with van der Waals surface area (Å²) in [6.45, 7) is 8.70. The lowest BCUT2D eigenvalue weighted by molar-refractivity contribution is 0.0112. The van der Waals surface area contributed by atoms with Crippen molar-refractivity contribution in [1.29, 1.82) is 5.26 Å². The number of oxazole rings is 1. The molecular formula is C47H48ClN11O4S. The highest BCUT2D eigenvalue weighted by Gasteiger charge is 2.47. The molecule has 2 aliphatic heterocycles. The van der Waals surface area contributed by atoms with Gasteiger partial charge in [-0.15, -0.1) is 31.7 Å². The summed E-state index contributed by atoms with van der Waals surface area (Å²) in [6.07, 6.45) is 13.1. The van der Waals surface area contributed by atoms with Gasteiger partial charge in [-0.1, -0.05) is 11.6 Å². The molecule has 15 nitrogen and oxygen atoms in total. The van der Waals surface area contributed by atoms with Gasteiger partial charge in [-0.2, -0.15) is 5.26 Å². The molecule has 6 aromatic rings. The number of hydrogen-bond donors (Lipinski definition) is 1. The van der Waals surface area contributed by atoms with Crippen molar-refractivity contribution in [3.63, 3.8) is 0 Å². The molecule has 3 fully saturated rings. The Morgan fingerprint density at radius 2 is 1.88 bits per heavy atom. The number of pyridine rings is 1. The molecule has 2 saturated carbocycles. The van der Waals surface area contributed by atoms with E-state index in [1.165, 1.54) is 11.3 Å². The molecule has 0 radical (unpaired) electrons. The third-order valence-corrected chi connectivity index (χ3v) is 14.7. The summed E-state index contributed by atoms with van der Waals surface area (Å²) in [7, 11) is 0. The third kappa shape index (κ3) is 8.34. The molecule has 4 aliphatic rings. The van der Waals surface area contributed by atoms with Gasteiger partial charge in [0, 0.05) is 35.6 Å². The average molecular weight is 898 g/mol. The van der Waals surface area contributed by atoms with Crippen LogP contribution in [0.5, 0.6) is 11.5 Å². The lowest BCUT2D eigenvalue weighted by Crippen LogP contribution is -2.51. The predicted molar refractivity (Wildman–Crippen MR) is 241 cm³/mol. The Kier molecular flexibility index (Phi) is 11.4. The highest BCUT2D eigenvalue weighted by Crippen LogP contribution is 2.52. The van der Waals surface area contributed by atoms with E-state index in [-0.39, 0.29) is 29.5 Å². The highest BCUT2D eigenvalue weighted by molar-refractivity contribution is 7.15. The number of hydrogen-bond acceptors (Lipinski definition) is 14. The van der Waals surface area contributed by atoms with Crippen LogP contribution in [0.4, 0.5) is 5.82 Å². The molecule has 0 bridgehead atoms. The van der Waals surface area contributed by atoms with Gasteiger partial charge in [0.2, 0.25) is 0 Å². The van der Waals surface area contributed by atoms with Crippen molar-refractivity contribution in [2.24, 2.45) is 16.3 Å². The van der Waals surface area contributed by atoms with Crippen LogP contribution in [0.1, 0.15) is 113 Å². The number of aromatic nitrogens is 7. The number of ether oxygens (including phenoxy) is 2. The Balaban J connectivity index is 0.719. The van der Waals surface area contributed by atoms with E-state index in [1.807, 2.05) is 31.3 Å². The number of aliphatic imine (C=N–C) groups is 1. The van der Waals surface area contributed by atoms with Gasteiger partial charge >= 0.3 is 0 Å². The molecule has 64 heavy (non-hydrogen) atoms. The SMILES string of the molecule is Cc1sc2c(c1C)C(c1ccc(OCC3CC4(CCCN(c5ccc(C(=O)N[C@H]6CC[C@H](Oc7ccc(C#N)c(Cl)c7)CC6)nn5)C4)C3)cn1)=N[C@@H](Cc1ncco1)c1nnc(C)n1-2. The summed E-state index contributed by atoms with van der Waals surface area (Å²) in [5.41, 5.74) is 4.74. The van der Waals surface area contributed by atoms with Crippen LogP contribution in [0.3, 0.4) is 0 Å². The van der Waals surface area contributed by atoms with E-state index in [0.717, 1.165) is 109 Å². The van der Waals surface area contributed by atoms with Crippen molar-refractivity contribution in [1.82, 2.24) is 40.2 Å². The molecule has 1 N–H and O–H groups in total. The Morgan fingerprint density at radius 1 is 1.03 bits per heavy atom. The Morgan fingerprint density at radius 3 is 2.61 bits per heavy atom. The van der Waals surface area contributed by atoms with Crippen LogP contribution in [0, 0.1) is 43.4 Å². The molecule has 1 amide bonds. The summed E-state index contributed by atoms with van der Waals surface area (Å²) in [6, 6.07) is 14.6.